The van der Waals surface area contributed by atoms with Crippen LogP contribution in [0.25, 0.3) is 10.2 Å². The van der Waals surface area contributed by atoms with E-state index >= 15 is 0 Å². The van der Waals surface area contributed by atoms with E-state index in [1.165, 1.54) is 31.5 Å². The molecule has 1 amide bonds. The highest BCUT2D eigenvalue weighted by molar-refractivity contribution is 7.89. The molecule has 6 nitrogen and oxygen atoms in total. The van der Waals surface area contributed by atoms with Crippen molar-refractivity contribution in [3.05, 3.63) is 53.1 Å². The lowest BCUT2D eigenvalue weighted by molar-refractivity contribution is 0.102. The number of carbonyl (C=O) groups excluding carboxylic acids is 1. The Hall–Kier alpha value is -2.29. The Bertz CT molecular complexity index is 1100. The Balaban J connectivity index is 1.89. The molecule has 0 bridgehead atoms. The standard InChI is InChI=1S/C18H19N3O3S2/c1-11-5-6-13(9-12(11)2)17(22)20-18-19-15-8-7-14(10-16(15)25-18)26(23,24)21(3)4/h5-10H,1-4H3,(H,19,20,22). The summed E-state index contributed by atoms with van der Waals surface area (Å²) in [5, 5.41) is 3.22. The number of sulfonamides is 1. The van der Waals surface area contributed by atoms with Crippen molar-refractivity contribution in [1.82, 2.24) is 9.29 Å². The number of aromatic nitrogens is 1. The molecule has 3 aromatic rings. The van der Waals surface area contributed by atoms with Gasteiger partial charge >= 0.3 is 0 Å². The number of carbonyl (C=O) groups is 1. The highest BCUT2D eigenvalue weighted by Crippen LogP contribution is 2.29. The molecular weight excluding hydrogens is 370 g/mol. The molecule has 136 valence electrons. The minimum atomic E-state index is -3.51. The van der Waals surface area contributed by atoms with Gasteiger partial charge in [-0.25, -0.2) is 17.7 Å². The second-order valence-electron chi connectivity index (χ2n) is 6.19. The molecule has 26 heavy (non-hydrogen) atoms. The Morgan fingerprint density at radius 1 is 1.08 bits per heavy atom. The summed E-state index contributed by atoms with van der Waals surface area (Å²) in [6.45, 7) is 3.94. The lowest BCUT2D eigenvalue weighted by Crippen LogP contribution is -2.22. The van der Waals surface area contributed by atoms with Crippen molar-refractivity contribution in [3.63, 3.8) is 0 Å². The zero-order valence-corrected chi connectivity index (χ0v) is 16.5. The van der Waals surface area contributed by atoms with Gasteiger partial charge in [-0.05, 0) is 55.3 Å². The van der Waals surface area contributed by atoms with Gasteiger partial charge in [0, 0.05) is 19.7 Å². The van der Waals surface area contributed by atoms with Gasteiger partial charge in [-0.15, -0.1) is 0 Å². The Kier molecular flexibility index (Phi) is 4.83. The molecule has 0 saturated carbocycles. The van der Waals surface area contributed by atoms with Crippen molar-refractivity contribution in [2.24, 2.45) is 0 Å². The molecule has 2 aromatic carbocycles. The Labute approximate surface area is 156 Å². The van der Waals surface area contributed by atoms with Crippen LogP contribution < -0.4 is 5.32 Å². The largest absolute Gasteiger partial charge is 0.298 e. The lowest BCUT2D eigenvalue weighted by atomic mass is 10.1. The highest BCUT2D eigenvalue weighted by atomic mass is 32.2. The van der Waals surface area contributed by atoms with E-state index in [0.29, 0.717) is 20.9 Å². The van der Waals surface area contributed by atoms with Gasteiger partial charge in [-0.3, -0.25) is 10.1 Å². The third kappa shape index (κ3) is 3.48. The summed E-state index contributed by atoms with van der Waals surface area (Å²) in [6, 6.07) is 10.3. The van der Waals surface area contributed by atoms with Crippen LogP contribution in [0.1, 0.15) is 21.5 Å². The van der Waals surface area contributed by atoms with Crippen LogP contribution in [-0.2, 0) is 10.0 Å². The average Bonchev–Trinajstić information content (AvgIpc) is 2.98. The zero-order valence-electron chi connectivity index (χ0n) is 14.9. The minimum absolute atomic E-state index is 0.200. The molecule has 3 rings (SSSR count). The summed E-state index contributed by atoms with van der Waals surface area (Å²) in [4.78, 5) is 17.0. The number of thiazole rings is 1. The number of rotatable bonds is 4. The molecule has 1 aromatic heterocycles. The summed E-state index contributed by atoms with van der Waals surface area (Å²) in [7, 11) is -0.534. The molecule has 0 saturated heterocycles. The topological polar surface area (TPSA) is 79.4 Å². The summed E-state index contributed by atoms with van der Waals surface area (Å²) in [5.74, 6) is -0.242. The van der Waals surface area contributed by atoms with Crippen LogP contribution in [0.15, 0.2) is 41.3 Å². The average molecular weight is 390 g/mol. The van der Waals surface area contributed by atoms with Gasteiger partial charge in [0.05, 0.1) is 15.1 Å². The molecular formula is C18H19N3O3S2. The highest BCUT2D eigenvalue weighted by Gasteiger charge is 2.19. The lowest BCUT2D eigenvalue weighted by Gasteiger charge is -2.10. The second-order valence-corrected chi connectivity index (χ2v) is 9.37. The van der Waals surface area contributed by atoms with E-state index in [4.69, 9.17) is 0 Å². The monoisotopic (exact) mass is 389 g/mol. The fourth-order valence-electron chi connectivity index (χ4n) is 2.38. The van der Waals surface area contributed by atoms with Crippen molar-refractivity contribution in [2.75, 3.05) is 19.4 Å². The molecule has 1 N–H and O–H groups in total. The number of anilines is 1. The van der Waals surface area contributed by atoms with Gasteiger partial charge in [-0.1, -0.05) is 17.4 Å². The predicted octanol–water partition coefficient (Wildman–Crippen LogP) is 3.42. The van der Waals surface area contributed by atoms with E-state index in [2.05, 4.69) is 10.3 Å². The Morgan fingerprint density at radius 2 is 1.81 bits per heavy atom. The smallest absolute Gasteiger partial charge is 0.257 e. The maximum Gasteiger partial charge on any atom is 0.257 e. The van der Waals surface area contributed by atoms with Gasteiger partial charge in [-0.2, -0.15) is 0 Å². The number of amides is 1. The molecule has 0 spiro atoms. The van der Waals surface area contributed by atoms with E-state index in [9.17, 15) is 13.2 Å². The summed E-state index contributed by atoms with van der Waals surface area (Å²) < 4.78 is 26.4. The van der Waals surface area contributed by atoms with E-state index in [0.717, 1.165) is 15.4 Å². The SMILES string of the molecule is Cc1ccc(C(=O)Nc2nc3ccc(S(=O)(=O)N(C)C)cc3s2)cc1C. The molecule has 1 heterocycles. The Morgan fingerprint density at radius 3 is 2.46 bits per heavy atom. The number of benzene rings is 2. The first-order chi connectivity index (χ1) is 12.2. The van der Waals surface area contributed by atoms with Crippen molar-refractivity contribution in [1.29, 1.82) is 0 Å². The summed E-state index contributed by atoms with van der Waals surface area (Å²) >= 11 is 1.24. The molecule has 0 aliphatic rings. The third-order valence-corrected chi connectivity index (χ3v) is 6.87. The fourth-order valence-corrected chi connectivity index (χ4v) is 4.28. The predicted molar refractivity (Wildman–Crippen MR) is 104 cm³/mol. The van der Waals surface area contributed by atoms with Crippen molar-refractivity contribution in [2.45, 2.75) is 18.7 Å². The molecule has 0 atom stereocenters. The van der Waals surface area contributed by atoms with Crippen molar-refractivity contribution < 1.29 is 13.2 Å². The number of nitrogens with zero attached hydrogens (tertiary/aromatic N) is 2. The molecule has 8 heteroatoms. The third-order valence-electron chi connectivity index (χ3n) is 4.13. The number of nitrogens with one attached hydrogen (secondary N) is 1. The maximum atomic E-state index is 12.4. The van der Waals surface area contributed by atoms with Crippen LogP contribution in [0.4, 0.5) is 5.13 Å². The fraction of sp³-hybridized carbons (Fsp3) is 0.222. The van der Waals surface area contributed by atoms with Crippen molar-refractivity contribution >= 4 is 42.6 Å². The number of aryl methyl sites for hydroxylation is 2. The normalized spacial score (nSPS) is 11.9. The number of hydrogen-bond acceptors (Lipinski definition) is 5. The van der Waals surface area contributed by atoms with Gasteiger partial charge in [0.2, 0.25) is 10.0 Å². The van der Waals surface area contributed by atoms with Crippen LogP contribution in [0.5, 0.6) is 0 Å². The minimum Gasteiger partial charge on any atom is -0.298 e. The first kappa shape index (κ1) is 18.5. The molecule has 0 aliphatic carbocycles. The van der Waals surface area contributed by atoms with Crippen molar-refractivity contribution in [3.8, 4) is 0 Å². The molecule has 0 aliphatic heterocycles. The number of fused-ring (bicyclic) bond motifs is 1. The van der Waals surface area contributed by atoms with E-state index < -0.39 is 10.0 Å². The summed E-state index contributed by atoms with van der Waals surface area (Å²) in [5.41, 5.74) is 3.36. The molecule has 0 unspecified atom stereocenters. The number of hydrogen-bond donors (Lipinski definition) is 1. The quantitative estimate of drug-likeness (QED) is 0.741. The van der Waals surface area contributed by atoms with E-state index in [-0.39, 0.29) is 10.8 Å². The zero-order chi connectivity index (χ0) is 19.1. The molecule has 0 fully saturated rings. The second kappa shape index (κ2) is 6.79. The van der Waals surface area contributed by atoms with Crippen LogP contribution in [0.2, 0.25) is 0 Å². The van der Waals surface area contributed by atoms with Gasteiger partial charge in [0.25, 0.3) is 5.91 Å². The van der Waals surface area contributed by atoms with Gasteiger partial charge in [0.1, 0.15) is 0 Å². The first-order valence-electron chi connectivity index (χ1n) is 7.90. The summed E-state index contributed by atoms with van der Waals surface area (Å²) in [6.07, 6.45) is 0. The van der Waals surface area contributed by atoms with Crippen LogP contribution in [-0.4, -0.2) is 37.7 Å². The van der Waals surface area contributed by atoms with Gasteiger partial charge in [0.15, 0.2) is 5.13 Å². The van der Waals surface area contributed by atoms with Gasteiger partial charge < -0.3 is 0 Å². The van der Waals surface area contributed by atoms with E-state index in [1.54, 1.807) is 18.2 Å². The van der Waals surface area contributed by atoms with Crippen LogP contribution in [0.3, 0.4) is 0 Å². The van der Waals surface area contributed by atoms with E-state index in [1.807, 2.05) is 26.0 Å². The first-order valence-corrected chi connectivity index (χ1v) is 10.2. The van der Waals surface area contributed by atoms with Crippen LogP contribution in [0, 0.1) is 13.8 Å². The molecule has 0 radical (unpaired) electrons. The van der Waals surface area contributed by atoms with Crippen LogP contribution >= 0.6 is 11.3 Å². The maximum absolute atomic E-state index is 12.4.